The largest absolute Gasteiger partial charge is 0.324 e. The predicted molar refractivity (Wildman–Crippen MR) is 74.9 cm³/mol. The molecule has 1 amide bonds. The second-order valence-electron chi connectivity index (χ2n) is 4.48. The van der Waals surface area contributed by atoms with Gasteiger partial charge in [-0.2, -0.15) is 0 Å². The Balaban J connectivity index is 2.85. The van der Waals surface area contributed by atoms with E-state index >= 15 is 0 Å². The van der Waals surface area contributed by atoms with Crippen molar-refractivity contribution < 1.29 is 9.18 Å². The fraction of sp³-hybridized carbons (Fsp3) is 0.462. The average molecular weight is 317 g/mol. The molecule has 3 nitrogen and oxygen atoms in total. The molecule has 1 aromatic rings. The molecule has 0 unspecified atom stereocenters. The second kappa shape index (κ2) is 6.29. The third kappa shape index (κ3) is 3.53. The first-order chi connectivity index (χ1) is 8.36. The summed E-state index contributed by atoms with van der Waals surface area (Å²) in [7, 11) is 0. The van der Waals surface area contributed by atoms with Gasteiger partial charge in [0, 0.05) is 5.69 Å². The van der Waals surface area contributed by atoms with Gasteiger partial charge in [-0.3, -0.25) is 4.79 Å². The summed E-state index contributed by atoms with van der Waals surface area (Å²) in [5, 5.41) is 2.67. The van der Waals surface area contributed by atoms with Gasteiger partial charge in [-0.05, 0) is 46.5 Å². The first kappa shape index (κ1) is 15.1. The van der Waals surface area contributed by atoms with Crippen LogP contribution in [0.5, 0.6) is 0 Å². The molecule has 0 spiro atoms. The van der Waals surface area contributed by atoms with Crippen molar-refractivity contribution in [3.63, 3.8) is 0 Å². The number of benzene rings is 1. The second-order valence-corrected chi connectivity index (χ2v) is 5.34. The van der Waals surface area contributed by atoms with Gasteiger partial charge in [0.15, 0.2) is 0 Å². The van der Waals surface area contributed by atoms with Crippen LogP contribution >= 0.6 is 15.9 Å². The molecule has 1 rings (SSSR count). The topological polar surface area (TPSA) is 55.1 Å². The molecule has 0 aliphatic heterocycles. The van der Waals surface area contributed by atoms with Crippen molar-refractivity contribution in [2.24, 2.45) is 11.7 Å². The highest BCUT2D eigenvalue weighted by molar-refractivity contribution is 9.10. The fourth-order valence-corrected chi connectivity index (χ4v) is 1.97. The summed E-state index contributed by atoms with van der Waals surface area (Å²) in [5.41, 5.74) is 7.07. The van der Waals surface area contributed by atoms with Crippen LogP contribution in [-0.4, -0.2) is 11.9 Å². The summed E-state index contributed by atoms with van der Waals surface area (Å²) in [4.78, 5) is 11.9. The summed E-state index contributed by atoms with van der Waals surface area (Å²) in [6.45, 7) is 5.69. The van der Waals surface area contributed by atoms with Gasteiger partial charge in [-0.1, -0.05) is 20.3 Å². The van der Waals surface area contributed by atoms with Crippen LogP contribution in [0.4, 0.5) is 10.1 Å². The molecule has 0 saturated heterocycles. The minimum Gasteiger partial charge on any atom is -0.324 e. The van der Waals surface area contributed by atoms with Crippen LogP contribution in [0.2, 0.25) is 0 Å². The number of carbonyl (C=O) groups excluding carboxylic acids is 1. The number of rotatable bonds is 4. The predicted octanol–water partition coefficient (Wildman–Crippen LogP) is 3.21. The molecule has 0 aliphatic rings. The highest BCUT2D eigenvalue weighted by atomic mass is 79.9. The Morgan fingerprint density at radius 3 is 2.72 bits per heavy atom. The van der Waals surface area contributed by atoms with E-state index in [9.17, 15) is 9.18 Å². The van der Waals surface area contributed by atoms with E-state index in [2.05, 4.69) is 21.2 Å². The Labute approximate surface area is 115 Å². The van der Waals surface area contributed by atoms with Gasteiger partial charge in [0.05, 0.1) is 10.5 Å². The molecule has 5 heteroatoms. The number of nitrogens with two attached hydrogens (primary N) is 1. The van der Waals surface area contributed by atoms with Gasteiger partial charge in [0.1, 0.15) is 5.82 Å². The average Bonchev–Trinajstić information content (AvgIpc) is 2.33. The summed E-state index contributed by atoms with van der Waals surface area (Å²) in [6, 6.07) is 2.33. The Hall–Kier alpha value is -0.940. The van der Waals surface area contributed by atoms with Crippen LogP contribution in [0.25, 0.3) is 0 Å². The van der Waals surface area contributed by atoms with Crippen molar-refractivity contribution in [2.75, 3.05) is 5.32 Å². The number of carbonyl (C=O) groups is 1. The van der Waals surface area contributed by atoms with Crippen LogP contribution in [0.3, 0.4) is 0 Å². The maximum Gasteiger partial charge on any atom is 0.241 e. The molecule has 1 aromatic carbocycles. The van der Waals surface area contributed by atoms with Crippen LogP contribution < -0.4 is 11.1 Å². The molecular formula is C13H18BrFN2O. The van der Waals surface area contributed by atoms with E-state index in [4.69, 9.17) is 5.73 Å². The molecule has 2 atom stereocenters. The van der Waals surface area contributed by atoms with Gasteiger partial charge in [0.2, 0.25) is 5.91 Å². The number of nitrogens with one attached hydrogen (secondary N) is 1. The quantitative estimate of drug-likeness (QED) is 0.896. The van der Waals surface area contributed by atoms with Crippen molar-refractivity contribution in [3.8, 4) is 0 Å². The lowest BCUT2D eigenvalue weighted by Gasteiger charge is -2.18. The lowest BCUT2D eigenvalue weighted by molar-refractivity contribution is -0.118. The Morgan fingerprint density at radius 2 is 2.17 bits per heavy atom. The van der Waals surface area contributed by atoms with E-state index in [0.717, 1.165) is 12.0 Å². The van der Waals surface area contributed by atoms with E-state index in [1.165, 1.54) is 6.07 Å². The van der Waals surface area contributed by atoms with Gasteiger partial charge in [-0.25, -0.2) is 4.39 Å². The smallest absolute Gasteiger partial charge is 0.241 e. The van der Waals surface area contributed by atoms with Gasteiger partial charge >= 0.3 is 0 Å². The summed E-state index contributed by atoms with van der Waals surface area (Å²) < 4.78 is 13.8. The lowest BCUT2D eigenvalue weighted by atomic mass is 9.99. The van der Waals surface area contributed by atoms with Gasteiger partial charge in [-0.15, -0.1) is 0 Å². The zero-order valence-corrected chi connectivity index (χ0v) is 12.3. The van der Waals surface area contributed by atoms with Crippen LogP contribution in [-0.2, 0) is 4.79 Å². The maximum atomic E-state index is 13.4. The van der Waals surface area contributed by atoms with Crippen molar-refractivity contribution in [1.82, 2.24) is 0 Å². The molecule has 0 heterocycles. The standard InChI is InChI=1S/C13H18BrFN2O/c1-4-7(2)12(16)13(18)17-11-6-10(15)9(14)5-8(11)3/h5-7,12H,4,16H2,1-3H3,(H,17,18)/t7-,12-/m0/s1. The van der Waals surface area contributed by atoms with Crippen LogP contribution in [0.1, 0.15) is 25.8 Å². The molecule has 0 fully saturated rings. The number of amides is 1. The van der Waals surface area contributed by atoms with E-state index in [-0.39, 0.29) is 11.8 Å². The number of hydrogen-bond acceptors (Lipinski definition) is 2. The molecule has 100 valence electrons. The lowest BCUT2D eigenvalue weighted by Crippen LogP contribution is -2.40. The molecular weight excluding hydrogens is 299 g/mol. The molecule has 0 radical (unpaired) electrons. The van der Waals surface area contributed by atoms with Crippen LogP contribution in [0.15, 0.2) is 16.6 Å². The van der Waals surface area contributed by atoms with Crippen molar-refractivity contribution >= 4 is 27.5 Å². The summed E-state index contributed by atoms with van der Waals surface area (Å²) in [5.74, 6) is -0.604. The molecule has 3 N–H and O–H groups in total. The van der Waals surface area contributed by atoms with E-state index in [0.29, 0.717) is 10.2 Å². The van der Waals surface area contributed by atoms with Crippen molar-refractivity contribution in [2.45, 2.75) is 33.2 Å². The number of hydrogen-bond donors (Lipinski definition) is 2. The number of halogens is 2. The van der Waals surface area contributed by atoms with E-state index in [1.54, 1.807) is 13.0 Å². The third-order valence-electron chi connectivity index (χ3n) is 3.08. The Bertz CT molecular complexity index is 451. The zero-order valence-electron chi connectivity index (χ0n) is 10.8. The molecule has 0 bridgehead atoms. The third-order valence-corrected chi connectivity index (χ3v) is 3.69. The minimum absolute atomic E-state index is 0.0885. The van der Waals surface area contributed by atoms with Crippen molar-refractivity contribution in [3.05, 3.63) is 28.0 Å². The fourth-order valence-electron chi connectivity index (χ4n) is 1.51. The first-order valence-electron chi connectivity index (χ1n) is 5.88. The zero-order chi connectivity index (χ0) is 13.9. The number of anilines is 1. The monoisotopic (exact) mass is 316 g/mol. The molecule has 0 aliphatic carbocycles. The van der Waals surface area contributed by atoms with E-state index in [1.807, 2.05) is 13.8 Å². The summed E-state index contributed by atoms with van der Waals surface area (Å²) >= 11 is 3.10. The minimum atomic E-state index is -0.582. The SMILES string of the molecule is CC[C@H](C)[C@H](N)C(=O)Nc1cc(F)c(Br)cc1C. The molecule has 0 aromatic heterocycles. The van der Waals surface area contributed by atoms with Crippen molar-refractivity contribution in [1.29, 1.82) is 0 Å². The highest BCUT2D eigenvalue weighted by Gasteiger charge is 2.20. The Kier molecular flexibility index (Phi) is 5.28. The maximum absolute atomic E-state index is 13.4. The normalized spacial score (nSPS) is 14.1. The van der Waals surface area contributed by atoms with Crippen LogP contribution in [0, 0.1) is 18.7 Å². The van der Waals surface area contributed by atoms with E-state index < -0.39 is 11.9 Å². The number of aryl methyl sites for hydroxylation is 1. The van der Waals surface area contributed by atoms with Gasteiger partial charge < -0.3 is 11.1 Å². The van der Waals surface area contributed by atoms with Gasteiger partial charge in [0.25, 0.3) is 0 Å². The molecule has 18 heavy (non-hydrogen) atoms. The first-order valence-corrected chi connectivity index (χ1v) is 6.68. The highest BCUT2D eigenvalue weighted by Crippen LogP contribution is 2.24. The summed E-state index contributed by atoms with van der Waals surface area (Å²) in [6.07, 6.45) is 0.822. The Morgan fingerprint density at radius 1 is 1.56 bits per heavy atom. The molecule has 0 saturated carbocycles.